The number of hydrogen-bond donors (Lipinski definition) is 1. The minimum atomic E-state index is -0.0583. The summed E-state index contributed by atoms with van der Waals surface area (Å²) in [6.45, 7) is 4.85. The van der Waals surface area contributed by atoms with Crippen LogP contribution in [0.25, 0.3) is 22.1 Å². The van der Waals surface area contributed by atoms with E-state index >= 15 is 0 Å². The number of hydrogen-bond acceptors (Lipinski definition) is 6. The highest BCUT2D eigenvalue weighted by atomic mass is 16.5. The Morgan fingerprint density at radius 3 is 2.83 bits per heavy atom. The zero-order chi connectivity index (χ0) is 19.6. The summed E-state index contributed by atoms with van der Waals surface area (Å²) < 4.78 is 7.60. The fraction of sp³-hybridized carbons (Fsp3) is 0.524. The van der Waals surface area contributed by atoms with E-state index in [1.807, 2.05) is 24.5 Å². The van der Waals surface area contributed by atoms with E-state index < -0.39 is 0 Å². The number of fused-ring (bicyclic) bond motifs is 3. The number of imidazole rings is 1. The lowest BCUT2D eigenvalue weighted by Gasteiger charge is -2.26. The molecular formula is C21H26N6O2. The summed E-state index contributed by atoms with van der Waals surface area (Å²) >= 11 is 0. The maximum absolute atomic E-state index is 12.7. The van der Waals surface area contributed by atoms with E-state index in [1.54, 1.807) is 0 Å². The third-order valence-corrected chi connectivity index (χ3v) is 6.08. The van der Waals surface area contributed by atoms with E-state index in [2.05, 4.69) is 30.0 Å². The van der Waals surface area contributed by atoms with Crippen molar-refractivity contribution in [3.63, 3.8) is 0 Å². The van der Waals surface area contributed by atoms with Gasteiger partial charge in [0.15, 0.2) is 0 Å². The predicted octanol–water partition coefficient (Wildman–Crippen LogP) is 2.16. The van der Waals surface area contributed by atoms with Crippen molar-refractivity contribution >= 4 is 28.0 Å². The van der Waals surface area contributed by atoms with Crippen molar-refractivity contribution in [1.82, 2.24) is 30.0 Å². The number of nitrogens with zero attached hydrogens (tertiary/aromatic N) is 5. The molecule has 0 spiro atoms. The largest absolute Gasteiger partial charge is 0.379 e. The molecule has 0 unspecified atom stereocenters. The minimum absolute atomic E-state index is 0.0583. The Morgan fingerprint density at radius 2 is 2.00 bits per heavy atom. The summed E-state index contributed by atoms with van der Waals surface area (Å²) in [5, 5.41) is 12.6. The van der Waals surface area contributed by atoms with E-state index in [4.69, 9.17) is 4.74 Å². The average molecular weight is 394 g/mol. The number of aromatic nitrogens is 4. The third kappa shape index (κ3) is 3.70. The van der Waals surface area contributed by atoms with Crippen molar-refractivity contribution in [3.8, 4) is 0 Å². The molecule has 5 rings (SSSR count). The van der Waals surface area contributed by atoms with Gasteiger partial charge in [-0.25, -0.2) is 4.98 Å². The smallest absolute Gasteiger partial charge is 0.251 e. The molecule has 1 aliphatic heterocycles. The average Bonchev–Trinajstić information content (AvgIpc) is 3.43. The summed E-state index contributed by atoms with van der Waals surface area (Å²) in [6.07, 6.45) is 6.70. The zero-order valence-electron chi connectivity index (χ0n) is 16.5. The van der Waals surface area contributed by atoms with Gasteiger partial charge in [0.25, 0.3) is 5.91 Å². The van der Waals surface area contributed by atoms with Gasteiger partial charge in [-0.2, -0.15) is 0 Å². The Labute approximate surface area is 169 Å². The summed E-state index contributed by atoms with van der Waals surface area (Å²) in [7, 11) is 0. The van der Waals surface area contributed by atoms with Crippen LogP contribution in [0.1, 0.15) is 42.1 Å². The van der Waals surface area contributed by atoms with Crippen molar-refractivity contribution in [3.05, 3.63) is 30.1 Å². The lowest BCUT2D eigenvalue weighted by molar-refractivity contribution is 0.0383. The molecule has 152 valence electrons. The molecule has 1 saturated heterocycles. The molecule has 3 aromatic rings. The maximum atomic E-state index is 12.7. The van der Waals surface area contributed by atoms with Crippen LogP contribution in [0.3, 0.4) is 0 Å². The Hall–Kier alpha value is -2.58. The molecule has 2 fully saturated rings. The van der Waals surface area contributed by atoms with Gasteiger partial charge in [-0.05, 0) is 31.0 Å². The first-order valence-electron chi connectivity index (χ1n) is 10.5. The maximum Gasteiger partial charge on any atom is 0.251 e. The third-order valence-electron chi connectivity index (χ3n) is 6.08. The number of benzene rings is 1. The van der Waals surface area contributed by atoms with Crippen LogP contribution in [-0.2, 0) is 4.74 Å². The molecule has 0 bridgehead atoms. The van der Waals surface area contributed by atoms with Crippen molar-refractivity contribution in [1.29, 1.82) is 0 Å². The molecule has 1 aliphatic carbocycles. The molecule has 1 amide bonds. The van der Waals surface area contributed by atoms with E-state index in [0.717, 1.165) is 62.1 Å². The van der Waals surface area contributed by atoms with Gasteiger partial charge in [0.05, 0.1) is 30.6 Å². The van der Waals surface area contributed by atoms with Crippen LogP contribution < -0.4 is 5.32 Å². The molecule has 2 aliphatic rings. The van der Waals surface area contributed by atoms with Crippen molar-refractivity contribution in [2.75, 3.05) is 39.4 Å². The highest BCUT2D eigenvalue weighted by Crippen LogP contribution is 2.33. The SMILES string of the molecule is O=C(NCCN1CCOCC1)c1ccc2nnc3ncn(C4CCCC4)c3c2c1. The number of rotatable bonds is 5. The standard InChI is InChI=1S/C21H26N6O2/c28-21(22-7-8-26-9-11-29-12-10-26)15-5-6-18-17(13-15)19-20(25-24-18)23-14-27(19)16-3-1-2-4-16/h5-6,13-14,16H,1-4,7-12H2,(H,22,28). The van der Waals surface area contributed by atoms with Gasteiger partial charge < -0.3 is 14.6 Å². The van der Waals surface area contributed by atoms with Gasteiger partial charge in [0.2, 0.25) is 5.65 Å². The summed E-state index contributed by atoms with van der Waals surface area (Å²) in [4.78, 5) is 19.5. The normalized spacial score (nSPS) is 18.6. The lowest BCUT2D eigenvalue weighted by Crippen LogP contribution is -2.41. The number of morpholine rings is 1. The molecule has 0 radical (unpaired) electrons. The van der Waals surface area contributed by atoms with Crippen LogP contribution >= 0.6 is 0 Å². The van der Waals surface area contributed by atoms with Crippen LogP contribution in [0.5, 0.6) is 0 Å². The quantitative estimate of drug-likeness (QED) is 0.714. The van der Waals surface area contributed by atoms with Crippen LogP contribution in [-0.4, -0.2) is 69.9 Å². The number of nitrogens with one attached hydrogen (secondary N) is 1. The first-order chi connectivity index (χ1) is 14.3. The lowest BCUT2D eigenvalue weighted by atomic mass is 10.1. The number of carbonyl (C=O) groups excluding carboxylic acids is 1. The fourth-order valence-electron chi connectivity index (χ4n) is 4.45. The molecule has 29 heavy (non-hydrogen) atoms. The number of ether oxygens (including phenoxy) is 1. The van der Waals surface area contributed by atoms with E-state index in [9.17, 15) is 4.79 Å². The molecule has 8 heteroatoms. The second-order valence-corrected chi connectivity index (χ2v) is 7.90. The highest BCUT2D eigenvalue weighted by molar-refractivity contribution is 6.05. The molecule has 0 atom stereocenters. The molecule has 1 N–H and O–H groups in total. The van der Waals surface area contributed by atoms with Crippen molar-refractivity contribution < 1.29 is 9.53 Å². The first-order valence-corrected chi connectivity index (χ1v) is 10.5. The minimum Gasteiger partial charge on any atom is -0.379 e. The van der Waals surface area contributed by atoms with Gasteiger partial charge in [0, 0.05) is 43.2 Å². The molecule has 8 nitrogen and oxygen atoms in total. The Morgan fingerprint density at radius 1 is 1.17 bits per heavy atom. The Balaban J connectivity index is 1.39. The van der Waals surface area contributed by atoms with E-state index in [1.165, 1.54) is 12.8 Å². The number of carbonyl (C=O) groups is 1. The molecule has 2 aromatic heterocycles. The summed E-state index contributed by atoms with van der Waals surface area (Å²) in [5.41, 5.74) is 3.08. The monoisotopic (exact) mass is 394 g/mol. The molecular weight excluding hydrogens is 368 g/mol. The molecule has 1 aromatic carbocycles. The van der Waals surface area contributed by atoms with Crippen LogP contribution in [0, 0.1) is 0 Å². The van der Waals surface area contributed by atoms with Crippen molar-refractivity contribution in [2.24, 2.45) is 0 Å². The van der Waals surface area contributed by atoms with Gasteiger partial charge in [-0.1, -0.05) is 12.8 Å². The van der Waals surface area contributed by atoms with Crippen molar-refractivity contribution in [2.45, 2.75) is 31.7 Å². The molecule has 1 saturated carbocycles. The Bertz CT molecular complexity index is 1020. The molecule has 3 heterocycles. The summed E-state index contributed by atoms with van der Waals surface area (Å²) in [6, 6.07) is 6.09. The first kappa shape index (κ1) is 18.4. The van der Waals surface area contributed by atoms with Gasteiger partial charge in [-0.15, -0.1) is 10.2 Å². The van der Waals surface area contributed by atoms with Gasteiger partial charge in [-0.3, -0.25) is 9.69 Å². The predicted molar refractivity (Wildman–Crippen MR) is 110 cm³/mol. The topological polar surface area (TPSA) is 85.2 Å². The van der Waals surface area contributed by atoms with E-state index in [0.29, 0.717) is 23.8 Å². The van der Waals surface area contributed by atoms with Gasteiger partial charge in [0.1, 0.15) is 0 Å². The fourth-order valence-corrected chi connectivity index (χ4v) is 4.45. The van der Waals surface area contributed by atoms with E-state index in [-0.39, 0.29) is 5.91 Å². The second-order valence-electron chi connectivity index (χ2n) is 7.90. The second kappa shape index (κ2) is 8.04. The van der Waals surface area contributed by atoms with Crippen LogP contribution in [0.15, 0.2) is 24.5 Å². The number of amides is 1. The zero-order valence-corrected chi connectivity index (χ0v) is 16.5. The van der Waals surface area contributed by atoms with Crippen LogP contribution in [0.4, 0.5) is 0 Å². The summed E-state index contributed by atoms with van der Waals surface area (Å²) in [5.74, 6) is -0.0583. The van der Waals surface area contributed by atoms with Gasteiger partial charge >= 0.3 is 0 Å². The highest BCUT2D eigenvalue weighted by Gasteiger charge is 2.21. The van der Waals surface area contributed by atoms with Crippen LogP contribution in [0.2, 0.25) is 0 Å². The Kier molecular flexibility index (Phi) is 5.12.